The van der Waals surface area contributed by atoms with Gasteiger partial charge in [-0.15, -0.1) is 4.68 Å². The summed E-state index contributed by atoms with van der Waals surface area (Å²) in [4.78, 5) is 26.3. The fraction of sp³-hybridized carbons (Fsp3) is 0.429. The van der Waals surface area contributed by atoms with Gasteiger partial charge in [-0.25, -0.2) is 9.59 Å². The molecule has 1 heterocycles. The van der Waals surface area contributed by atoms with Gasteiger partial charge in [0.1, 0.15) is 0 Å². The van der Waals surface area contributed by atoms with Crippen LogP contribution in [0.3, 0.4) is 0 Å². The van der Waals surface area contributed by atoms with E-state index in [1.807, 2.05) is 37.3 Å². The Labute approximate surface area is 121 Å². The van der Waals surface area contributed by atoms with E-state index < -0.39 is 11.7 Å². The second-order valence-electron chi connectivity index (χ2n) is 5.12. The molecule has 7 heteroatoms. The Hall–Kier alpha value is -2.44. The summed E-state index contributed by atoms with van der Waals surface area (Å²) in [6.07, 6.45) is 2.63. The summed E-state index contributed by atoms with van der Waals surface area (Å²) in [7, 11) is 0. The van der Waals surface area contributed by atoms with E-state index in [0.29, 0.717) is 6.54 Å². The first kappa shape index (κ1) is 13.5. The molecule has 0 radical (unpaired) electrons. The number of anilines is 1. The van der Waals surface area contributed by atoms with Gasteiger partial charge in [0.05, 0.1) is 6.04 Å². The van der Waals surface area contributed by atoms with E-state index in [0.717, 1.165) is 29.6 Å². The molecule has 110 valence electrons. The van der Waals surface area contributed by atoms with Crippen LogP contribution in [0.25, 0.3) is 0 Å². The predicted molar refractivity (Wildman–Crippen MR) is 77.4 cm³/mol. The predicted octanol–water partition coefficient (Wildman–Crippen LogP) is 1.66. The zero-order valence-corrected chi connectivity index (χ0v) is 11.8. The minimum Gasteiger partial charge on any atom is -0.292 e. The second-order valence-corrected chi connectivity index (χ2v) is 5.12. The quantitative estimate of drug-likeness (QED) is 0.802. The normalized spacial score (nSPS) is 14.1. The van der Waals surface area contributed by atoms with Crippen molar-refractivity contribution in [2.45, 2.75) is 32.2 Å². The van der Waals surface area contributed by atoms with Gasteiger partial charge in [-0.2, -0.15) is 4.68 Å². The molecule has 1 saturated carbocycles. The molecule has 3 rings (SSSR count). The summed E-state index contributed by atoms with van der Waals surface area (Å²) >= 11 is 0. The van der Waals surface area contributed by atoms with Gasteiger partial charge >= 0.3 is 11.7 Å². The molecule has 21 heavy (non-hydrogen) atoms. The van der Waals surface area contributed by atoms with E-state index in [9.17, 15) is 9.59 Å². The first-order valence-corrected chi connectivity index (χ1v) is 7.13. The molecule has 1 aromatic carbocycles. The number of nitrogens with zero attached hydrogens (tertiary/aromatic N) is 5. The Morgan fingerprint density at radius 1 is 1.29 bits per heavy atom. The molecule has 0 spiro atoms. The van der Waals surface area contributed by atoms with E-state index in [-0.39, 0.29) is 6.04 Å². The van der Waals surface area contributed by atoms with Crippen LogP contribution < -0.4 is 10.6 Å². The molecular formula is C14H17N5O2. The number of amides is 1. The highest BCUT2D eigenvalue weighted by atomic mass is 16.2. The lowest BCUT2D eigenvalue weighted by atomic mass is 10.3. The number of carbonyl (C=O) groups is 1. The lowest BCUT2D eigenvalue weighted by Crippen LogP contribution is -2.41. The van der Waals surface area contributed by atoms with Crippen molar-refractivity contribution in [2.75, 3.05) is 11.4 Å². The molecule has 0 aliphatic heterocycles. The van der Waals surface area contributed by atoms with Crippen LogP contribution in [0, 0.1) is 0 Å². The minimum atomic E-state index is -0.459. The minimum absolute atomic E-state index is 0.107. The lowest BCUT2D eigenvalue weighted by Gasteiger charge is -2.20. The Kier molecular flexibility index (Phi) is 3.55. The van der Waals surface area contributed by atoms with Crippen LogP contribution in [-0.4, -0.2) is 32.4 Å². The molecular weight excluding hydrogens is 270 g/mol. The molecule has 0 unspecified atom stereocenters. The zero-order valence-electron chi connectivity index (χ0n) is 11.8. The monoisotopic (exact) mass is 287 g/mol. The highest BCUT2D eigenvalue weighted by molar-refractivity contribution is 5.92. The molecule has 2 aromatic rings. The van der Waals surface area contributed by atoms with E-state index in [2.05, 4.69) is 10.4 Å². The smallest absolute Gasteiger partial charge is 0.292 e. The van der Waals surface area contributed by atoms with Crippen molar-refractivity contribution in [1.82, 2.24) is 19.8 Å². The van der Waals surface area contributed by atoms with Crippen LogP contribution in [0.4, 0.5) is 10.5 Å². The van der Waals surface area contributed by atoms with Gasteiger partial charge in [-0.3, -0.25) is 4.90 Å². The summed E-state index contributed by atoms with van der Waals surface area (Å²) in [6, 6.07) is 8.92. The van der Waals surface area contributed by atoms with Gasteiger partial charge in [-0.1, -0.05) is 25.1 Å². The van der Waals surface area contributed by atoms with E-state index >= 15 is 0 Å². The van der Waals surface area contributed by atoms with Crippen molar-refractivity contribution in [3.05, 3.63) is 40.8 Å². The van der Waals surface area contributed by atoms with Crippen LogP contribution in [-0.2, 0) is 0 Å². The van der Waals surface area contributed by atoms with Crippen LogP contribution in [0.5, 0.6) is 0 Å². The molecule has 0 atom stereocenters. The lowest BCUT2D eigenvalue weighted by molar-refractivity contribution is 0.243. The van der Waals surface area contributed by atoms with Crippen molar-refractivity contribution >= 4 is 11.7 Å². The molecule has 1 aliphatic rings. The highest BCUT2D eigenvalue weighted by Crippen LogP contribution is 2.32. The highest BCUT2D eigenvalue weighted by Gasteiger charge is 2.30. The number of rotatable bonds is 4. The van der Waals surface area contributed by atoms with Crippen molar-refractivity contribution in [3.8, 4) is 0 Å². The Bertz CT molecular complexity index is 687. The number of para-hydroxylation sites is 1. The van der Waals surface area contributed by atoms with Crippen LogP contribution in [0.15, 0.2) is 35.1 Å². The van der Waals surface area contributed by atoms with Gasteiger partial charge in [0.25, 0.3) is 0 Å². The van der Waals surface area contributed by atoms with Crippen LogP contribution >= 0.6 is 0 Å². The standard InChI is InChI=1S/C14H17N5O2/c1-2-10-17(11-6-4-3-5-7-11)13(20)19-14(21)18(15-16-19)12-8-9-12/h3-7,12H,2,8-10H2,1H3. The first-order chi connectivity index (χ1) is 10.2. The Morgan fingerprint density at radius 3 is 2.62 bits per heavy atom. The third-order valence-corrected chi connectivity index (χ3v) is 3.42. The van der Waals surface area contributed by atoms with Crippen molar-refractivity contribution in [3.63, 3.8) is 0 Å². The fourth-order valence-corrected chi connectivity index (χ4v) is 2.21. The SMILES string of the molecule is CCCN(C(=O)n1nnn(C2CC2)c1=O)c1ccccc1. The van der Waals surface area contributed by atoms with Gasteiger partial charge in [0.15, 0.2) is 0 Å². The van der Waals surface area contributed by atoms with E-state index in [1.165, 1.54) is 4.68 Å². The maximum absolute atomic E-state index is 12.6. The topological polar surface area (TPSA) is 73.0 Å². The third kappa shape index (κ3) is 2.58. The maximum atomic E-state index is 12.6. The van der Waals surface area contributed by atoms with Crippen molar-refractivity contribution < 1.29 is 4.79 Å². The van der Waals surface area contributed by atoms with Crippen molar-refractivity contribution in [1.29, 1.82) is 0 Å². The van der Waals surface area contributed by atoms with Crippen LogP contribution in [0.1, 0.15) is 32.2 Å². The van der Waals surface area contributed by atoms with Gasteiger partial charge < -0.3 is 0 Å². The molecule has 1 amide bonds. The number of benzene rings is 1. The van der Waals surface area contributed by atoms with Crippen molar-refractivity contribution in [2.24, 2.45) is 0 Å². The van der Waals surface area contributed by atoms with Gasteiger partial charge in [0.2, 0.25) is 0 Å². The molecule has 0 N–H and O–H groups in total. The summed E-state index contributed by atoms with van der Waals surface area (Å²) in [6.45, 7) is 2.50. The second kappa shape index (κ2) is 5.51. The number of carbonyl (C=O) groups excluding carboxylic acids is 1. The molecule has 1 fully saturated rings. The van der Waals surface area contributed by atoms with Crippen LogP contribution in [0.2, 0.25) is 0 Å². The maximum Gasteiger partial charge on any atom is 0.372 e. The zero-order chi connectivity index (χ0) is 14.8. The largest absolute Gasteiger partial charge is 0.372 e. The summed E-state index contributed by atoms with van der Waals surface area (Å²) in [5, 5.41) is 7.54. The third-order valence-electron chi connectivity index (χ3n) is 3.42. The molecule has 0 saturated heterocycles. The average molecular weight is 287 g/mol. The molecule has 0 bridgehead atoms. The van der Waals surface area contributed by atoms with Gasteiger partial charge in [0, 0.05) is 12.2 Å². The molecule has 1 aromatic heterocycles. The number of tetrazole rings is 1. The average Bonchev–Trinajstić information content (AvgIpc) is 3.28. The number of aromatic nitrogens is 4. The van der Waals surface area contributed by atoms with Gasteiger partial charge in [-0.05, 0) is 41.8 Å². The fourth-order valence-electron chi connectivity index (χ4n) is 2.21. The molecule has 7 nitrogen and oxygen atoms in total. The Morgan fingerprint density at radius 2 is 2.00 bits per heavy atom. The summed E-state index contributed by atoms with van der Waals surface area (Å²) in [5.41, 5.74) is 0.289. The Balaban J connectivity index is 1.92. The first-order valence-electron chi connectivity index (χ1n) is 7.13. The summed E-state index contributed by atoms with van der Waals surface area (Å²) in [5.74, 6) is 0. The summed E-state index contributed by atoms with van der Waals surface area (Å²) < 4.78 is 2.15. The molecule has 1 aliphatic carbocycles. The number of hydrogen-bond donors (Lipinski definition) is 0. The van der Waals surface area contributed by atoms with E-state index in [4.69, 9.17) is 0 Å². The van der Waals surface area contributed by atoms with E-state index in [1.54, 1.807) is 4.90 Å². The number of hydrogen-bond acceptors (Lipinski definition) is 4.